The maximum atomic E-state index is 5.61. The second-order valence-electron chi connectivity index (χ2n) is 9.89. The van der Waals surface area contributed by atoms with E-state index in [0.29, 0.717) is 5.92 Å². The molecule has 0 aliphatic rings. The van der Waals surface area contributed by atoms with Crippen molar-refractivity contribution in [3.8, 4) is 0 Å². The van der Waals surface area contributed by atoms with Gasteiger partial charge in [0, 0.05) is 26.9 Å². The van der Waals surface area contributed by atoms with Crippen molar-refractivity contribution >= 4 is 8.97 Å². The molecule has 0 rings (SSSR count). The molecule has 0 spiro atoms. The van der Waals surface area contributed by atoms with Gasteiger partial charge in [-0.1, -0.05) is 110 Å². The van der Waals surface area contributed by atoms with E-state index in [9.17, 15) is 0 Å². The van der Waals surface area contributed by atoms with E-state index in [4.69, 9.17) is 13.3 Å². The molecule has 0 saturated carbocycles. The Kier molecular flexibility index (Phi) is 19.6. The van der Waals surface area contributed by atoms with Gasteiger partial charge in [-0.05, 0) is 32.6 Å². The highest BCUT2D eigenvalue weighted by molar-refractivity contribution is 6.57. The van der Waals surface area contributed by atoms with Crippen molar-refractivity contribution in [1.29, 1.82) is 0 Å². The normalized spacial score (nSPS) is 13.6. The fourth-order valence-corrected chi connectivity index (χ4v) is 6.50. The van der Waals surface area contributed by atoms with Crippen molar-refractivity contribution in [2.24, 2.45) is 5.92 Å². The van der Waals surface area contributed by atoms with Crippen molar-refractivity contribution in [2.45, 2.75) is 142 Å². The molecule has 0 bridgehead atoms. The molecule has 1 N–H and O–H groups in total. The van der Waals surface area contributed by atoms with E-state index in [0.717, 1.165) is 0 Å². The largest absolute Gasteiger partial charge is 0.596 e. The van der Waals surface area contributed by atoms with Gasteiger partial charge in [0.1, 0.15) is 0 Å². The summed E-state index contributed by atoms with van der Waals surface area (Å²) in [5.74, 6) is 0.599. The predicted octanol–water partition coefficient (Wildman–Crippen LogP) is 8.02. The highest BCUT2D eigenvalue weighted by atomic mass is 28.4. The van der Waals surface area contributed by atoms with Gasteiger partial charge in [0.15, 0.2) is 0 Å². The van der Waals surface area contributed by atoms with Gasteiger partial charge < -0.3 is 13.3 Å². The Labute approximate surface area is 197 Å². The lowest BCUT2D eigenvalue weighted by molar-refractivity contribution is 0.0856. The van der Waals surface area contributed by atoms with Crippen molar-refractivity contribution in [1.82, 2.24) is 4.98 Å². The second-order valence-corrected chi connectivity index (χ2v) is 12.5. The van der Waals surface area contributed by atoms with Crippen LogP contribution in [0.5, 0.6) is 0 Å². The summed E-state index contributed by atoms with van der Waals surface area (Å²) in [6.45, 7) is 9.12. The lowest BCUT2D eigenvalue weighted by Crippen LogP contribution is -2.66. The third-order valence-corrected chi connectivity index (χ3v) is 9.41. The van der Waals surface area contributed by atoms with Gasteiger partial charge in [-0.3, -0.25) is 4.98 Å². The summed E-state index contributed by atoms with van der Waals surface area (Å²) in [5, 5.41) is 0. The summed E-state index contributed by atoms with van der Waals surface area (Å²) in [7, 11) is 2.23. The average Bonchev–Trinajstić information content (AvgIpc) is 2.77. The lowest BCUT2D eigenvalue weighted by atomic mass is 9.81. The summed E-state index contributed by atoms with van der Waals surface area (Å²) in [5.41, 5.74) is -0.0686. The number of unbranched alkanes of at least 4 members (excludes halogenated alkanes) is 13. The first-order chi connectivity index (χ1) is 14.9. The van der Waals surface area contributed by atoms with Crippen molar-refractivity contribution in [2.75, 3.05) is 21.3 Å². The van der Waals surface area contributed by atoms with Gasteiger partial charge in [-0.15, -0.1) is 0 Å². The fourth-order valence-electron chi connectivity index (χ4n) is 4.70. The summed E-state index contributed by atoms with van der Waals surface area (Å²) < 4.78 is 16.8. The zero-order valence-corrected chi connectivity index (χ0v) is 23.3. The molecule has 0 amide bonds. The molecular formula is C26H57NO3Si. The minimum Gasteiger partial charge on any atom is -0.364 e. The van der Waals surface area contributed by atoms with Gasteiger partial charge in [0.2, 0.25) is 0 Å². The zero-order valence-electron chi connectivity index (χ0n) is 22.3. The molecule has 5 heteroatoms. The summed E-state index contributed by atoms with van der Waals surface area (Å²) >= 11 is 0. The van der Waals surface area contributed by atoms with Crippen LogP contribution in [0.1, 0.15) is 137 Å². The van der Waals surface area contributed by atoms with E-state index in [-0.39, 0.29) is 5.54 Å². The molecule has 0 aromatic heterocycles. The van der Waals surface area contributed by atoms with E-state index in [1.807, 2.05) is 0 Å². The highest BCUT2D eigenvalue weighted by Crippen LogP contribution is 2.29. The van der Waals surface area contributed by atoms with Gasteiger partial charge in [0.05, 0.1) is 0 Å². The molecule has 0 radical (unpaired) electrons. The van der Waals surface area contributed by atoms with Crippen molar-refractivity contribution in [3.63, 3.8) is 0 Å². The Balaban J connectivity index is 3.97. The molecule has 188 valence electrons. The minimum absolute atomic E-state index is 0.0686. The number of rotatable bonds is 23. The zero-order chi connectivity index (χ0) is 23.4. The first-order valence-electron chi connectivity index (χ1n) is 13.4. The van der Waals surface area contributed by atoms with Crippen LogP contribution in [-0.4, -0.2) is 35.8 Å². The minimum atomic E-state index is -2.78. The number of hydrogen-bond donors (Lipinski definition) is 1. The fraction of sp³-hybridized carbons (Fsp3) is 1.00. The van der Waals surface area contributed by atoms with E-state index >= 15 is 0 Å². The van der Waals surface area contributed by atoms with Crippen LogP contribution in [0.15, 0.2) is 0 Å². The highest BCUT2D eigenvalue weighted by Gasteiger charge is 2.46. The van der Waals surface area contributed by atoms with Gasteiger partial charge in [-0.25, -0.2) is 0 Å². The van der Waals surface area contributed by atoms with Crippen LogP contribution in [0.3, 0.4) is 0 Å². The molecule has 0 heterocycles. The molecule has 0 fully saturated rings. The third kappa shape index (κ3) is 14.7. The molecule has 0 saturated heterocycles. The SMILES string of the molecule is CCCCCCCCCCCCCCCCC(CCC)C(C)(C)N[Si](OC)(OC)OC. The van der Waals surface area contributed by atoms with E-state index in [1.165, 1.54) is 109 Å². The van der Waals surface area contributed by atoms with Crippen LogP contribution in [0.2, 0.25) is 0 Å². The Morgan fingerprint density at radius 2 is 0.968 bits per heavy atom. The van der Waals surface area contributed by atoms with Crippen molar-refractivity contribution in [3.05, 3.63) is 0 Å². The summed E-state index contributed by atoms with van der Waals surface area (Å²) in [4.78, 5) is 3.61. The van der Waals surface area contributed by atoms with Crippen LogP contribution in [0.25, 0.3) is 0 Å². The van der Waals surface area contributed by atoms with Crippen LogP contribution in [-0.2, 0) is 13.3 Å². The Morgan fingerprint density at radius 1 is 0.581 bits per heavy atom. The molecule has 0 aliphatic heterocycles. The third-order valence-electron chi connectivity index (χ3n) is 6.85. The van der Waals surface area contributed by atoms with Crippen LogP contribution in [0.4, 0.5) is 0 Å². The lowest BCUT2D eigenvalue weighted by Gasteiger charge is -2.40. The second kappa shape index (κ2) is 19.5. The smallest absolute Gasteiger partial charge is 0.364 e. The van der Waals surface area contributed by atoms with E-state index in [2.05, 4.69) is 32.7 Å². The topological polar surface area (TPSA) is 39.7 Å². The molecule has 0 aliphatic carbocycles. The Bertz CT molecular complexity index is 381. The average molecular weight is 460 g/mol. The first-order valence-corrected chi connectivity index (χ1v) is 15.1. The summed E-state index contributed by atoms with van der Waals surface area (Å²) in [6.07, 6.45) is 23.5. The molecule has 31 heavy (non-hydrogen) atoms. The number of hydrogen-bond acceptors (Lipinski definition) is 4. The maximum absolute atomic E-state index is 5.61. The molecular weight excluding hydrogens is 402 g/mol. The van der Waals surface area contributed by atoms with Crippen LogP contribution in [0, 0.1) is 5.92 Å². The molecule has 0 aromatic rings. The first kappa shape index (κ1) is 31.1. The van der Waals surface area contributed by atoms with Crippen LogP contribution >= 0.6 is 0 Å². The van der Waals surface area contributed by atoms with Gasteiger partial charge in [0.25, 0.3) is 0 Å². The van der Waals surface area contributed by atoms with E-state index < -0.39 is 8.97 Å². The van der Waals surface area contributed by atoms with Gasteiger partial charge in [-0.2, -0.15) is 0 Å². The monoisotopic (exact) mass is 459 g/mol. The van der Waals surface area contributed by atoms with Gasteiger partial charge >= 0.3 is 8.97 Å². The van der Waals surface area contributed by atoms with Crippen molar-refractivity contribution < 1.29 is 13.3 Å². The quantitative estimate of drug-likeness (QED) is 0.124. The molecule has 1 atom stereocenters. The molecule has 4 nitrogen and oxygen atoms in total. The predicted molar refractivity (Wildman–Crippen MR) is 137 cm³/mol. The van der Waals surface area contributed by atoms with Crippen LogP contribution < -0.4 is 4.98 Å². The maximum Gasteiger partial charge on any atom is 0.596 e. The summed E-state index contributed by atoms with van der Waals surface area (Å²) in [6, 6.07) is 0. The Hall–Kier alpha value is 0.0569. The number of nitrogens with one attached hydrogen (secondary N) is 1. The Morgan fingerprint density at radius 3 is 1.32 bits per heavy atom. The standard InChI is InChI=1S/C26H57NO3Si/c1-8-10-11-12-13-14-15-16-17-18-19-20-21-22-24-25(23-9-2)26(3,4)27-31(28-5,29-6)30-7/h25,27H,8-24H2,1-7H3. The molecule has 0 aromatic carbocycles. The van der Waals surface area contributed by atoms with E-state index in [1.54, 1.807) is 21.3 Å². The molecule has 1 unspecified atom stereocenters.